The highest BCUT2D eigenvalue weighted by molar-refractivity contribution is 7.13. The average molecular weight is 227 g/mol. The largest absolute Gasteiger partial charge is 0.354 e. The smallest absolute Gasteiger partial charge is 0.185 e. The molecule has 1 heterocycles. The average Bonchev–Trinajstić information content (AvgIpc) is 2.62. The summed E-state index contributed by atoms with van der Waals surface area (Å²) in [6, 6.07) is 0.537. The highest BCUT2D eigenvalue weighted by Crippen LogP contribution is 2.17. The first-order chi connectivity index (χ1) is 7.00. The highest BCUT2D eigenvalue weighted by atomic mass is 32.1. The van der Waals surface area contributed by atoms with Crippen LogP contribution in [-0.4, -0.2) is 25.1 Å². The van der Waals surface area contributed by atoms with Crippen LogP contribution in [0, 0.1) is 5.92 Å². The van der Waals surface area contributed by atoms with E-state index in [1.807, 2.05) is 19.0 Å². The third-order valence-corrected chi connectivity index (χ3v) is 3.58. The van der Waals surface area contributed by atoms with Crippen molar-refractivity contribution in [2.24, 2.45) is 5.92 Å². The van der Waals surface area contributed by atoms with Gasteiger partial charge in [-0.25, -0.2) is 4.98 Å². The molecule has 1 N–H and O–H groups in total. The van der Waals surface area contributed by atoms with E-state index in [-0.39, 0.29) is 0 Å². The van der Waals surface area contributed by atoms with Crippen molar-refractivity contribution in [3.8, 4) is 0 Å². The first-order valence-electron chi connectivity index (χ1n) is 5.35. The van der Waals surface area contributed by atoms with Crippen molar-refractivity contribution >= 4 is 16.5 Å². The minimum atomic E-state index is 0.537. The van der Waals surface area contributed by atoms with E-state index >= 15 is 0 Å². The molecule has 0 spiro atoms. The zero-order valence-electron chi connectivity index (χ0n) is 10.2. The first-order valence-corrected chi connectivity index (χ1v) is 6.23. The Kier molecular flexibility index (Phi) is 4.54. The Bertz CT molecular complexity index is 294. The number of rotatable bonds is 5. The van der Waals surface area contributed by atoms with Crippen molar-refractivity contribution in [1.82, 2.24) is 10.3 Å². The molecule has 0 aromatic carbocycles. The van der Waals surface area contributed by atoms with Crippen LogP contribution in [0.4, 0.5) is 5.13 Å². The van der Waals surface area contributed by atoms with E-state index in [2.05, 4.69) is 36.5 Å². The summed E-state index contributed by atoms with van der Waals surface area (Å²) in [5, 5.41) is 6.67. The monoisotopic (exact) mass is 227 g/mol. The molecule has 0 amide bonds. The SMILES string of the molecule is CC(C)C(C)NCc1csc(N(C)C)n1. The number of anilines is 1. The fourth-order valence-corrected chi connectivity index (χ4v) is 1.84. The second kappa shape index (κ2) is 5.47. The van der Waals surface area contributed by atoms with E-state index in [0.717, 1.165) is 17.4 Å². The molecule has 1 aromatic heterocycles. The van der Waals surface area contributed by atoms with Crippen molar-refractivity contribution in [2.45, 2.75) is 33.4 Å². The molecule has 3 nitrogen and oxygen atoms in total. The van der Waals surface area contributed by atoms with Crippen molar-refractivity contribution < 1.29 is 0 Å². The van der Waals surface area contributed by atoms with Crippen molar-refractivity contribution in [3.05, 3.63) is 11.1 Å². The second-order valence-electron chi connectivity index (χ2n) is 4.43. The van der Waals surface area contributed by atoms with Crippen LogP contribution in [0.3, 0.4) is 0 Å². The lowest BCUT2D eigenvalue weighted by atomic mass is 10.1. The van der Waals surface area contributed by atoms with Crippen molar-refractivity contribution in [1.29, 1.82) is 0 Å². The van der Waals surface area contributed by atoms with Gasteiger partial charge in [0, 0.05) is 32.1 Å². The fraction of sp³-hybridized carbons (Fsp3) is 0.727. The van der Waals surface area contributed by atoms with Crippen LogP contribution in [0.2, 0.25) is 0 Å². The zero-order chi connectivity index (χ0) is 11.4. The first kappa shape index (κ1) is 12.5. The Morgan fingerprint density at radius 3 is 2.53 bits per heavy atom. The van der Waals surface area contributed by atoms with Gasteiger partial charge in [-0.1, -0.05) is 13.8 Å². The van der Waals surface area contributed by atoms with Crippen LogP contribution in [0.5, 0.6) is 0 Å². The van der Waals surface area contributed by atoms with E-state index in [1.54, 1.807) is 11.3 Å². The summed E-state index contributed by atoms with van der Waals surface area (Å²) >= 11 is 1.69. The number of hydrogen-bond acceptors (Lipinski definition) is 4. The lowest BCUT2D eigenvalue weighted by molar-refractivity contribution is 0.424. The molecule has 0 bridgehead atoms. The molecule has 4 heteroatoms. The summed E-state index contributed by atoms with van der Waals surface area (Å²) in [7, 11) is 4.04. The van der Waals surface area contributed by atoms with Gasteiger partial charge in [0.1, 0.15) is 0 Å². The van der Waals surface area contributed by atoms with Gasteiger partial charge in [0.05, 0.1) is 5.69 Å². The van der Waals surface area contributed by atoms with Gasteiger partial charge in [0.25, 0.3) is 0 Å². The summed E-state index contributed by atoms with van der Waals surface area (Å²) in [5.41, 5.74) is 1.14. The van der Waals surface area contributed by atoms with Crippen LogP contribution in [0.1, 0.15) is 26.5 Å². The van der Waals surface area contributed by atoms with E-state index in [4.69, 9.17) is 0 Å². The third-order valence-electron chi connectivity index (χ3n) is 2.53. The quantitative estimate of drug-likeness (QED) is 0.837. The van der Waals surface area contributed by atoms with Crippen molar-refractivity contribution in [2.75, 3.05) is 19.0 Å². The Balaban J connectivity index is 2.44. The molecule has 0 saturated heterocycles. The molecule has 0 saturated carbocycles. The number of nitrogens with one attached hydrogen (secondary N) is 1. The minimum absolute atomic E-state index is 0.537. The molecule has 15 heavy (non-hydrogen) atoms. The number of nitrogens with zero attached hydrogens (tertiary/aromatic N) is 2. The molecule has 1 aromatic rings. The summed E-state index contributed by atoms with van der Waals surface area (Å²) < 4.78 is 0. The molecule has 0 aliphatic heterocycles. The van der Waals surface area contributed by atoms with Crippen LogP contribution >= 0.6 is 11.3 Å². The molecule has 1 rings (SSSR count). The predicted molar refractivity (Wildman–Crippen MR) is 67.6 cm³/mol. The molecule has 1 unspecified atom stereocenters. The maximum absolute atomic E-state index is 4.52. The molecular formula is C11H21N3S. The van der Waals surface area contributed by atoms with E-state index < -0.39 is 0 Å². The van der Waals surface area contributed by atoms with Gasteiger partial charge < -0.3 is 10.2 Å². The van der Waals surface area contributed by atoms with Crippen LogP contribution < -0.4 is 10.2 Å². The topological polar surface area (TPSA) is 28.2 Å². The number of thiazole rings is 1. The lowest BCUT2D eigenvalue weighted by Crippen LogP contribution is -2.30. The summed E-state index contributed by atoms with van der Waals surface area (Å²) in [6.07, 6.45) is 0. The maximum atomic E-state index is 4.52. The summed E-state index contributed by atoms with van der Waals surface area (Å²) in [6.45, 7) is 7.53. The molecule has 0 fully saturated rings. The van der Waals surface area contributed by atoms with Crippen LogP contribution in [0.25, 0.3) is 0 Å². The molecule has 1 atom stereocenters. The predicted octanol–water partition coefficient (Wildman–Crippen LogP) is 2.34. The molecule has 0 aliphatic carbocycles. The Morgan fingerprint density at radius 1 is 1.40 bits per heavy atom. The van der Waals surface area contributed by atoms with Gasteiger partial charge >= 0.3 is 0 Å². The van der Waals surface area contributed by atoms with Crippen molar-refractivity contribution in [3.63, 3.8) is 0 Å². The van der Waals surface area contributed by atoms with Crippen LogP contribution in [0.15, 0.2) is 5.38 Å². The number of aromatic nitrogens is 1. The van der Waals surface area contributed by atoms with E-state index in [1.165, 1.54) is 0 Å². The Labute approximate surface area is 96.5 Å². The standard InChI is InChI=1S/C11H21N3S/c1-8(2)9(3)12-6-10-7-15-11(13-10)14(4)5/h7-9,12H,6H2,1-5H3. The molecular weight excluding hydrogens is 206 g/mol. The van der Waals surface area contributed by atoms with E-state index in [9.17, 15) is 0 Å². The second-order valence-corrected chi connectivity index (χ2v) is 5.27. The highest BCUT2D eigenvalue weighted by Gasteiger charge is 2.08. The van der Waals surface area contributed by atoms with Gasteiger partial charge in [-0.15, -0.1) is 11.3 Å². The van der Waals surface area contributed by atoms with Crippen LogP contribution in [-0.2, 0) is 6.54 Å². The van der Waals surface area contributed by atoms with Gasteiger partial charge in [0.2, 0.25) is 0 Å². The van der Waals surface area contributed by atoms with Gasteiger partial charge in [-0.2, -0.15) is 0 Å². The minimum Gasteiger partial charge on any atom is -0.354 e. The lowest BCUT2D eigenvalue weighted by Gasteiger charge is -2.16. The van der Waals surface area contributed by atoms with E-state index in [0.29, 0.717) is 12.0 Å². The summed E-state index contributed by atoms with van der Waals surface area (Å²) in [4.78, 5) is 6.56. The normalized spacial score (nSPS) is 13.2. The molecule has 0 aliphatic rings. The Morgan fingerprint density at radius 2 is 2.07 bits per heavy atom. The summed E-state index contributed by atoms with van der Waals surface area (Å²) in [5.74, 6) is 0.664. The molecule has 86 valence electrons. The van der Waals surface area contributed by atoms with Gasteiger partial charge in [-0.05, 0) is 12.8 Å². The maximum Gasteiger partial charge on any atom is 0.185 e. The zero-order valence-corrected chi connectivity index (χ0v) is 11.1. The molecule has 0 radical (unpaired) electrons. The third kappa shape index (κ3) is 3.80. The number of hydrogen-bond donors (Lipinski definition) is 1. The van der Waals surface area contributed by atoms with Gasteiger partial charge in [-0.3, -0.25) is 0 Å². The Hall–Kier alpha value is -0.610. The fourth-order valence-electron chi connectivity index (χ4n) is 1.08. The van der Waals surface area contributed by atoms with Gasteiger partial charge in [0.15, 0.2) is 5.13 Å².